The predicted molar refractivity (Wildman–Crippen MR) is 89.8 cm³/mol. The minimum Gasteiger partial charge on any atom is -0.475 e. The summed E-state index contributed by atoms with van der Waals surface area (Å²) in [6, 6.07) is 1.91. The fourth-order valence-electron chi connectivity index (χ4n) is 1.56. The first-order valence-corrected chi connectivity index (χ1v) is 9.52. The van der Waals surface area contributed by atoms with Gasteiger partial charge in [0.15, 0.2) is 0 Å². The van der Waals surface area contributed by atoms with Crippen LogP contribution < -0.4 is 15.2 Å². The molecule has 10 nitrogen and oxygen atoms in total. The number of hydrogen-bond donors (Lipinski definition) is 3. The van der Waals surface area contributed by atoms with E-state index in [2.05, 4.69) is 0 Å². The normalized spacial score (nSPS) is 11.6. The van der Waals surface area contributed by atoms with Gasteiger partial charge in [-0.2, -0.15) is 13.2 Å². The monoisotopic (exact) mass is 478 g/mol. The van der Waals surface area contributed by atoms with Gasteiger partial charge in [-0.05, 0) is 0 Å². The molecule has 0 fully saturated rings. The summed E-state index contributed by atoms with van der Waals surface area (Å²) < 4.78 is 41.9. The maximum Gasteiger partial charge on any atom is 0.490 e. The Hall–Kier alpha value is -2.57. The number of ether oxygens (including phenoxy) is 2. The van der Waals surface area contributed by atoms with Crippen molar-refractivity contribution in [3.05, 3.63) is 27.8 Å². The third-order valence-electron chi connectivity index (χ3n) is 2.90. The van der Waals surface area contributed by atoms with E-state index in [0.29, 0.717) is 22.0 Å². The van der Waals surface area contributed by atoms with Crippen LogP contribution >= 0.6 is 0 Å². The quantitative estimate of drug-likeness (QED) is 0.284. The molecule has 0 aliphatic heterocycles. The van der Waals surface area contributed by atoms with Crippen LogP contribution in [0.15, 0.2) is 12.1 Å². The van der Waals surface area contributed by atoms with Crippen LogP contribution in [0, 0.1) is 10.1 Å². The number of benzene rings is 1. The van der Waals surface area contributed by atoms with Crippen molar-refractivity contribution in [2.45, 2.75) is 22.9 Å². The predicted octanol–water partition coefficient (Wildman–Crippen LogP) is 1.28. The topological polar surface area (TPSA) is 162 Å². The molecule has 0 radical (unpaired) electrons. The van der Waals surface area contributed by atoms with E-state index in [4.69, 9.17) is 30.2 Å². The molecule has 0 saturated carbocycles. The van der Waals surface area contributed by atoms with E-state index in [1.165, 1.54) is 20.3 Å². The zero-order valence-corrected chi connectivity index (χ0v) is 16.3. The van der Waals surface area contributed by atoms with Gasteiger partial charge in [0.1, 0.15) is 0 Å². The van der Waals surface area contributed by atoms with Gasteiger partial charge in [0.25, 0.3) is 0 Å². The summed E-state index contributed by atoms with van der Waals surface area (Å²) in [5.74, 6) is -3.15. The first-order valence-electron chi connectivity index (χ1n) is 7.10. The number of aliphatic carboxylic acids is 2. The van der Waals surface area contributed by atoms with E-state index in [0.717, 1.165) is 0 Å². The number of rotatable bonds is 8. The van der Waals surface area contributed by atoms with Crippen LogP contribution in [0.3, 0.4) is 0 Å². The third-order valence-corrected chi connectivity index (χ3v) is 5.22. The molecule has 0 aromatic heterocycles. The maximum atomic E-state index is 11.1. The van der Waals surface area contributed by atoms with Crippen molar-refractivity contribution in [2.75, 3.05) is 14.2 Å². The maximum absolute atomic E-state index is 11.1. The minimum absolute atomic E-state index is 0.0709. The Balaban J connectivity index is 0.000000887. The number of alkyl halides is 3. The summed E-state index contributed by atoms with van der Waals surface area (Å²) in [6.07, 6.45) is -5.08. The molecule has 0 spiro atoms. The summed E-state index contributed by atoms with van der Waals surface area (Å²) >= 11 is -0.165. The van der Waals surface area contributed by atoms with Gasteiger partial charge in [0, 0.05) is 0 Å². The molecule has 0 saturated heterocycles. The van der Waals surface area contributed by atoms with Crippen molar-refractivity contribution in [3.8, 4) is 11.5 Å². The van der Waals surface area contributed by atoms with Crippen molar-refractivity contribution in [2.24, 2.45) is 5.73 Å². The van der Waals surface area contributed by atoms with E-state index < -0.39 is 29.1 Å². The number of nitro groups is 1. The van der Waals surface area contributed by atoms with Crippen molar-refractivity contribution in [1.29, 1.82) is 0 Å². The molecule has 1 atom stereocenters. The molecule has 158 valence electrons. The van der Waals surface area contributed by atoms with E-state index in [9.17, 15) is 28.1 Å². The van der Waals surface area contributed by atoms with Crippen molar-refractivity contribution < 1.29 is 47.4 Å². The van der Waals surface area contributed by atoms with E-state index in [1.54, 1.807) is 6.07 Å². The molecule has 0 amide bonds. The number of nitrogens with two attached hydrogens (primary N) is 1. The van der Waals surface area contributed by atoms with Crippen LogP contribution in [0.1, 0.15) is 5.56 Å². The van der Waals surface area contributed by atoms with E-state index >= 15 is 0 Å². The number of nitro benzene ring substituents is 1. The first kappa shape index (κ1) is 25.4. The van der Waals surface area contributed by atoms with Crippen molar-refractivity contribution in [3.63, 3.8) is 0 Å². The van der Waals surface area contributed by atoms with Gasteiger partial charge in [-0.15, -0.1) is 0 Å². The SMILES string of the molecule is COc1cc(C[Se]C[C@H](N)C(=O)O)c([N+](=O)[O-])cc1OC.O=C(O)C(F)(F)F. The molecule has 0 bridgehead atoms. The Morgan fingerprint density at radius 1 is 1.25 bits per heavy atom. The number of nitrogens with zero attached hydrogens (tertiary/aromatic N) is 1. The zero-order chi connectivity index (χ0) is 22.1. The largest absolute Gasteiger partial charge is 0.490 e. The molecule has 0 heterocycles. The molecule has 1 aromatic carbocycles. The average molecular weight is 477 g/mol. The second-order valence-electron chi connectivity index (χ2n) is 4.86. The Labute approximate surface area is 162 Å². The van der Waals surface area contributed by atoms with Gasteiger partial charge in [-0.1, -0.05) is 0 Å². The van der Waals surface area contributed by atoms with Gasteiger partial charge < -0.3 is 5.11 Å². The van der Waals surface area contributed by atoms with Gasteiger partial charge in [0.2, 0.25) is 0 Å². The van der Waals surface area contributed by atoms with Crippen LogP contribution in [0.5, 0.6) is 11.5 Å². The Morgan fingerprint density at radius 3 is 2.07 bits per heavy atom. The van der Waals surface area contributed by atoms with Crippen LogP contribution in [-0.4, -0.2) is 68.5 Å². The van der Waals surface area contributed by atoms with Crippen LogP contribution in [-0.2, 0) is 14.9 Å². The molecular weight excluding hydrogens is 460 g/mol. The summed E-state index contributed by atoms with van der Waals surface area (Å²) in [4.78, 5) is 30.1. The minimum atomic E-state index is -5.08. The molecule has 0 aliphatic rings. The standard InChI is InChI=1S/C12H16N2O6Se.C2HF3O2/c1-19-10-3-7(5-21-6-8(13)12(15)16)9(14(17)18)4-11(10)20-2;3-2(4,5)1(6)7/h3-4,8H,5-6,13H2,1-2H3,(H,15,16);(H,6,7)/t8-;/m0./s1. The first-order chi connectivity index (χ1) is 12.8. The van der Waals surface area contributed by atoms with Crippen LogP contribution in [0.2, 0.25) is 5.32 Å². The second-order valence-corrected chi connectivity index (χ2v) is 7.02. The Bertz CT molecular complexity index is 715. The summed E-state index contributed by atoms with van der Waals surface area (Å²) in [5, 5.41) is 27.6. The number of carbonyl (C=O) groups is 2. The molecular formula is C14H17F3N2O8Se. The zero-order valence-electron chi connectivity index (χ0n) is 14.6. The molecule has 0 aliphatic carbocycles. The Morgan fingerprint density at radius 2 is 1.71 bits per heavy atom. The van der Waals surface area contributed by atoms with Gasteiger partial charge in [-0.25, -0.2) is 4.79 Å². The number of hydrogen-bond acceptors (Lipinski definition) is 7. The fourth-order valence-corrected chi connectivity index (χ4v) is 3.59. The van der Waals surface area contributed by atoms with Crippen LogP contribution in [0.4, 0.5) is 18.9 Å². The number of carboxylic acid groups (broad SMARTS) is 2. The molecule has 0 unspecified atom stereocenters. The van der Waals surface area contributed by atoms with Crippen LogP contribution in [0.25, 0.3) is 0 Å². The molecule has 1 rings (SSSR count). The van der Waals surface area contributed by atoms with Crippen molar-refractivity contribution in [1.82, 2.24) is 0 Å². The number of methoxy groups -OCH3 is 2. The van der Waals surface area contributed by atoms with E-state index in [-0.39, 0.29) is 26.4 Å². The molecule has 14 heteroatoms. The summed E-state index contributed by atoms with van der Waals surface area (Å²) in [6.45, 7) is 0. The number of carboxylic acids is 2. The average Bonchev–Trinajstić information content (AvgIpc) is 2.60. The summed E-state index contributed by atoms with van der Waals surface area (Å²) in [5.41, 5.74) is 5.83. The van der Waals surface area contributed by atoms with Gasteiger partial charge in [-0.3, -0.25) is 0 Å². The second kappa shape index (κ2) is 11.3. The molecule has 28 heavy (non-hydrogen) atoms. The third kappa shape index (κ3) is 8.41. The van der Waals surface area contributed by atoms with Gasteiger partial charge >= 0.3 is 139 Å². The van der Waals surface area contributed by atoms with Gasteiger partial charge in [0.05, 0.1) is 0 Å². The smallest absolute Gasteiger partial charge is 0.475 e. The molecule has 4 N–H and O–H groups in total. The molecule has 1 aromatic rings. The number of halogens is 3. The van der Waals surface area contributed by atoms with E-state index in [1.807, 2.05) is 0 Å². The fraction of sp³-hybridized carbons (Fsp3) is 0.429. The summed E-state index contributed by atoms with van der Waals surface area (Å²) in [7, 11) is 2.84. The Kier molecular flexibility index (Phi) is 10.3. The van der Waals surface area contributed by atoms with Crippen molar-refractivity contribution >= 4 is 32.6 Å².